The molecule has 0 bridgehead atoms. The van der Waals surface area contributed by atoms with E-state index in [0.29, 0.717) is 17.5 Å². The molecule has 0 saturated carbocycles. The molecule has 0 radical (unpaired) electrons. The summed E-state index contributed by atoms with van der Waals surface area (Å²) in [5, 5.41) is 0.660. The Bertz CT molecular complexity index is 718. The van der Waals surface area contributed by atoms with E-state index in [-0.39, 0.29) is 11.1 Å². The molecule has 1 atom stereocenters. The minimum atomic E-state index is -0.448. The quantitative estimate of drug-likeness (QED) is 0.907. The van der Waals surface area contributed by atoms with Crippen LogP contribution in [0.2, 0.25) is 10.0 Å². The number of rotatable bonds is 2. The first-order valence-electron chi connectivity index (χ1n) is 6.36. The molecule has 0 aromatic heterocycles. The van der Waals surface area contributed by atoms with Gasteiger partial charge >= 0.3 is 0 Å². The lowest BCUT2D eigenvalue weighted by molar-refractivity contribution is 0.626. The molecule has 1 aliphatic heterocycles. The normalized spacial score (nSPS) is 18.0. The van der Waals surface area contributed by atoms with Crippen LogP contribution in [0.15, 0.2) is 47.5 Å². The molecule has 108 valence electrons. The first-order valence-corrected chi connectivity index (χ1v) is 7.12. The van der Waals surface area contributed by atoms with Gasteiger partial charge in [-0.05, 0) is 29.8 Å². The Balaban J connectivity index is 2.03. The Kier molecular flexibility index (Phi) is 3.74. The third-order valence-corrected chi connectivity index (χ3v) is 4.03. The zero-order valence-electron chi connectivity index (χ0n) is 10.9. The maximum absolute atomic E-state index is 13.3. The Morgan fingerprint density at radius 2 is 1.90 bits per heavy atom. The fourth-order valence-corrected chi connectivity index (χ4v) is 2.83. The zero-order chi connectivity index (χ0) is 15.0. The molecule has 1 aliphatic rings. The lowest BCUT2D eigenvalue weighted by Crippen LogP contribution is -2.36. The van der Waals surface area contributed by atoms with Crippen molar-refractivity contribution in [3.63, 3.8) is 0 Å². The van der Waals surface area contributed by atoms with Gasteiger partial charge in [-0.25, -0.2) is 4.39 Å². The Hall–Kier alpha value is -1.78. The van der Waals surface area contributed by atoms with E-state index in [1.165, 1.54) is 6.07 Å². The van der Waals surface area contributed by atoms with Gasteiger partial charge in [0.2, 0.25) is 0 Å². The fraction of sp³-hybridized carbons (Fsp3) is 0.133. The molecule has 3 rings (SSSR count). The summed E-state index contributed by atoms with van der Waals surface area (Å²) in [4.78, 5) is 6.11. The molecular formula is C15H12Cl2FN3. The van der Waals surface area contributed by atoms with Crippen LogP contribution >= 0.6 is 23.2 Å². The third-order valence-electron chi connectivity index (χ3n) is 3.43. The minimum absolute atomic E-state index is 0.0806. The van der Waals surface area contributed by atoms with Gasteiger partial charge in [0, 0.05) is 0 Å². The van der Waals surface area contributed by atoms with Crippen molar-refractivity contribution in [3.8, 4) is 0 Å². The molecule has 21 heavy (non-hydrogen) atoms. The second-order valence-corrected chi connectivity index (χ2v) is 5.52. The predicted octanol–water partition coefficient (Wildman–Crippen LogP) is 4.01. The molecule has 0 fully saturated rings. The van der Waals surface area contributed by atoms with Crippen molar-refractivity contribution < 1.29 is 4.39 Å². The summed E-state index contributed by atoms with van der Waals surface area (Å²) in [6.45, 7) is 0.471. The second kappa shape index (κ2) is 5.54. The molecule has 2 aromatic rings. The average Bonchev–Trinajstić information content (AvgIpc) is 2.84. The van der Waals surface area contributed by atoms with Crippen LogP contribution in [0.1, 0.15) is 11.6 Å². The van der Waals surface area contributed by atoms with Crippen molar-refractivity contribution in [1.82, 2.24) is 0 Å². The summed E-state index contributed by atoms with van der Waals surface area (Å²) in [6.07, 6.45) is 0. The van der Waals surface area contributed by atoms with Crippen LogP contribution in [0.5, 0.6) is 0 Å². The van der Waals surface area contributed by atoms with Crippen molar-refractivity contribution in [2.45, 2.75) is 6.04 Å². The van der Waals surface area contributed by atoms with E-state index in [9.17, 15) is 4.39 Å². The highest BCUT2D eigenvalue weighted by Crippen LogP contribution is 2.36. The number of hydrogen-bond acceptors (Lipinski definition) is 3. The van der Waals surface area contributed by atoms with Gasteiger partial charge in [-0.3, -0.25) is 4.99 Å². The van der Waals surface area contributed by atoms with E-state index in [1.54, 1.807) is 18.2 Å². The maximum atomic E-state index is 13.3. The molecule has 2 aromatic carbocycles. The van der Waals surface area contributed by atoms with Crippen LogP contribution in [-0.2, 0) is 0 Å². The van der Waals surface area contributed by atoms with E-state index in [0.717, 1.165) is 11.3 Å². The molecule has 0 spiro atoms. The van der Waals surface area contributed by atoms with Crippen LogP contribution in [0.4, 0.5) is 10.1 Å². The molecule has 1 unspecified atom stereocenters. The Morgan fingerprint density at radius 3 is 2.62 bits per heavy atom. The number of aliphatic imine (C=N–C) groups is 1. The average molecular weight is 324 g/mol. The Labute approximate surface area is 131 Å². The van der Waals surface area contributed by atoms with Gasteiger partial charge in [0.05, 0.1) is 28.3 Å². The van der Waals surface area contributed by atoms with Crippen LogP contribution < -0.4 is 10.6 Å². The van der Waals surface area contributed by atoms with Gasteiger partial charge in [0.1, 0.15) is 5.82 Å². The maximum Gasteiger partial charge on any atom is 0.196 e. The monoisotopic (exact) mass is 323 g/mol. The molecule has 1 heterocycles. The van der Waals surface area contributed by atoms with Gasteiger partial charge in [-0.1, -0.05) is 41.4 Å². The first-order chi connectivity index (χ1) is 10.1. The topological polar surface area (TPSA) is 41.6 Å². The number of hydrogen-bond donors (Lipinski definition) is 1. The molecule has 6 heteroatoms. The van der Waals surface area contributed by atoms with Crippen LogP contribution in [0.25, 0.3) is 0 Å². The highest BCUT2D eigenvalue weighted by molar-refractivity contribution is 6.34. The summed E-state index contributed by atoms with van der Waals surface area (Å²) in [5.74, 6) is -0.0647. The molecule has 3 nitrogen and oxygen atoms in total. The van der Waals surface area contributed by atoms with Crippen LogP contribution in [0, 0.1) is 5.82 Å². The number of nitrogens with two attached hydrogens (primary N) is 1. The molecular weight excluding hydrogens is 312 g/mol. The Morgan fingerprint density at radius 1 is 1.14 bits per heavy atom. The van der Waals surface area contributed by atoms with Crippen molar-refractivity contribution >= 4 is 34.8 Å². The van der Waals surface area contributed by atoms with Crippen molar-refractivity contribution in [3.05, 3.63) is 63.9 Å². The molecule has 0 aliphatic carbocycles. The van der Waals surface area contributed by atoms with Gasteiger partial charge in [-0.2, -0.15) is 0 Å². The lowest BCUT2D eigenvalue weighted by atomic mass is 10.1. The number of guanidine groups is 1. The van der Waals surface area contributed by atoms with Crippen molar-refractivity contribution in [2.24, 2.45) is 10.7 Å². The number of nitrogens with zero attached hydrogens (tertiary/aromatic N) is 2. The fourth-order valence-electron chi connectivity index (χ4n) is 2.41. The summed E-state index contributed by atoms with van der Waals surface area (Å²) in [5.41, 5.74) is 7.59. The molecule has 0 saturated heterocycles. The standard InChI is InChI=1S/C15H12Cl2FN3/c16-10-3-1-2-4-13(10)21-14(8-20-15(21)19)9-5-6-12(18)11(17)7-9/h1-7,14H,8H2,(H2,19,20). The SMILES string of the molecule is NC1=NCC(c2ccc(F)c(Cl)c2)N1c1ccccc1Cl. The van der Waals surface area contributed by atoms with E-state index in [1.807, 2.05) is 23.1 Å². The molecule has 0 amide bonds. The smallest absolute Gasteiger partial charge is 0.196 e. The molecule has 2 N–H and O–H groups in total. The highest BCUT2D eigenvalue weighted by Gasteiger charge is 2.30. The largest absolute Gasteiger partial charge is 0.369 e. The third kappa shape index (κ3) is 2.57. The van der Waals surface area contributed by atoms with Crippen molar-refractivity contribution in [1.29, 1.82) is 0 Å². The summed E-state index contributed by atoms with van der Waals surface area (Å²) in [6, 6.07) is 11.9. The minimum Gasteiger partial charge on any atom is -0.369 e. The van der Waals surface area contributed by atoms with Gasteiger partial charge in [-0.15, -0.1) is 0 Å². The predicted molar refractivity (Wildman–Crippen MR) is 84.6 cm³/mol. The van der Waals surface area contributed by atoms with Gasteiger partial charge in [0.15, 0.2) is 5.96 Å². The first kappa shape index (κ1) is 14.2. The van der Waals surface area contributed by atoms with Crippen LogP contribution in [-0.4, -0.2) is 12.5 Å². The summed E-state index contributed by atoms with van der Waals surface area (Å²) < 4.78 is 13.3. The lowest BCUT2D eigenvalue weighted by Gasteiger charge is -2.27. The number of benzene rings is 2. The number of anilines is 1. The number of halogens is 3. The summed E-state index contributed by atoms with van der Waals surface area (Å²) in [7, 11) is 0. The van der Waals surface area contributed by atoms with Crippen LogP contribution in [0.3, 0.4) is 0 Å². The van der Waals surface area contributed by atoms with Crippen molar-refractivity contribution in [2.75, 3.05) is 11.4 Å². The highest BCUT2D eigenvalue weighted by atomic mass is 35.5. The van der Waals surface area contributed by atoms with E-state index < -0.39 is 5.82 Å². The van der Waals surface area contributed by atoms with E-state index in [2.05, 4.69) is 4.99 Å². The van der Waals surface area contributed by atoms with E-state index >= 15 is 0 Å². The number of para-hydroxylation sites is 1. The van der Waals surface area contributed by atoms with Gasteiger partial charge < -0.3 is 10.6 Å². The second-order valence-electron chi connectivity index (χ2n) is 4.71. The summed E-state index contributed by atoms with van der Waals surface area (Å²) >= 11 is 12.1. The zero-order valence-corrected chi connectivity index (χ0v) is 12.4. The van der Waals surface area contributed by atoms with E-state index in [4.69, 9.17) is 28.9 Å². The van der Waals surface area contributed by atoms with Gasteiger partial charge in [0.25, 0.3) is 0 Å².